The summed E-state index contributed by atoms with van der Waals surface area (Å²) in [7, 11) is -3.67. The van der Waals surface area contributed by atoms with Gasteiger partial charge in [-0.05, 0) is 39.7 Å². The lowest BCUT2D eigenvalue weighted by Crippen LogP contribution is -2.55. The van der Waals surface area contributed by atoms with Crippen LogP contribution in [0.3, 0.4) is 0 Å². The molecule has 116 valence electrons. The Kier molecular flexibility index (Phi) is 4.68. The Morgan fingerprint density at radius 1 is 1.55 bits per heavy atom. The average molecular weight is 305 g/mol. The number of rotatable bonds is 5. The van der Waals surface area contributed by atoms with Gasteiger partial charge in [0.05, 0.1) is 6.61 Å². The van der Waals surface area contributed by atoms with Crippen LogP contribution in [0.2, 0.25) is 0 Å². The van der Waals surface area contributed by atoms with Crippen LogP contribution in [0.4, 0.5) is 0 Å². The molecule has 0 spiro atoms. The lowest BCUT2D eigenvalue weighted by atomic mass is 10.0. The van der Waals surface area contributed by atoms with Gasteiger partial charge in [0.1, 0.15) is 6.04 Å². The molecule has 0 bridgehead atoms. The van der Waals surface area contributed by atoms with Crippen molar-refractivity contribution in [3.8, 4) is 0 Å². The standard InChI is InChI=1S/C12H23N3O4S/c1-3-19-11(16)10-5-4-8-15(10)20(17,18)14-12(2)6-7-13-9-12/h10,13-14H,3-9H2,1-2H3. The van der Waals surface area contributed by atoms with E-state index in [1.807, 2.05) is 6.92 Å². The summed E-state index contributed by atoms with van der Waals surface area (Å²) in [5, 5.41) is 3.14. The molecule has 0 saturated carbocycles. The smallest absolute Gasteiger partial charge is 0.324 e. The zero-order valence-corrected chi connectivity index (χ0v) is 12.8. The van der Waals surface area contributed by atoms with Gasteiger partial charge in [-0.1, -0.05) is 0 Å². The number of hydrogen-bond acceptors (Lipinski definition) is 5. The van der Waals surface area contributed by atoms with E-state index in [4.69, 9.17) is 4.74 Å². The first-order valence-electron chi connectivity index (χ1n) is 7.06. The summed E-state index contributed by atoms with van der Waals surface area (Å²) in [6.45, 7) is 5.61. The lowest BCUT2D eigenvalue weighted by molar-refractivity contribution is -0.146. The fourth-order valence-electron chi connectivity index (χ4n) is 2.78. The fourth-order valence-corrected chi connectivity index (χ4v) is 4.59. The molecular weight excluding hydrogens is 282 g/mol. The third-order valence-electron chi connectivity index (χ3n) is 3.82. The third kappa shape index (κ3) is 3.30. The van der Waals surface area contributed by atoms with Crippen molar-refractivity contribution in [1.29, 1.82) is 0 Å². The van der Waals surface area contributed by atoms with Crippen molar-refractivity contribution in [3.05, 3.63) is 0 Å². The highest BCUT2D eigenvalue weighted by molar-refractivity contribution is 7.87. The molecule has 8 heteroatoms. The van der Waals surface area contributed by atoms with Crippen LogP contribution in [0, 0.1) is 0 Å². The predicted molar refractivity (Wildman–Crippen MR) is 74.3 cm³/mol. The van der Waals surface area contributed by atoms with Crippen LogP contribution in [-0.4, -0.2) is 56.5 Å². The minimum Gasteiger partial charge on any atom is -0.465 e. The zero-order chi connectivity index (χ0) is 14.8. The molecule has 2 saturated heterocycles. The van der Waals surface area contributed by atoms with Gasteiger partial charge in [-0.25, -0.2) is 0 Å². The van der Waals surface area contributed by atoms with Gasteiger partial charge in [0.15, 0.2) is 0 Å². The summed E-state index contributed by atoms with van der Waals surface area (Å²) in [4.78, 5) is 11.9. The van der Waals surface area contributed by atoms with Gasteiger partial charge in [0.2, 0.25) is 0 Å². The first-order valence-corrected chi connectivity index (χ1v) is 8.50. The molecule has 20 heavy (non-hydrogen) atoms. The first kappa shape index (κ1) is 15.7. The van der Waals surface area contributed by atoms with Crippen LogP contribution in [0.1, 0.15) is 33.1 Å². The van der Waals surface area contributed by atoms with Gasteiger partial charge >= 0.3 is 5.97 Å². The minimum absolute atomic E-state index is 0.262. The van der Waals surface area contributed by atoms with Crippen molar-refractivity contribution < 1.29 is 17.9 Å². The Bertz CT molecular complexity index is 459. The summed E-state index contributed by atoms with van der Waals surface area (Å²) < 4.78 is 33.9. The van der Waals surface area contributed by atoms with Crippen LogP contribution in [0.5, 0.6) is 0 Å². The topological polar surface area (TPSA) is 87.7 Å². The molecule has 0 radical (unpaired) electrons. The summed E-state index contributed by atoms with van der Waals surface area (Å²) in [5.74, 6) is -0.454. The SMILES string of the molecule is CCOC(=O)C1CCCN1S(=O)(=O)NC1(C)CCNC1. The van der Waals surface area contributed by atoms with Crippen molar-refractivity contribution >= 4 is 16.2 Å². The molecule has 0 aliphatic carbocycles. The van der Waals surface area contributed by atoms with Crippen LogP contribution >= 0.6 is 0 Å². The Balaban J connectivity index is 2.09. The maximum absolute atomic E-state index is 12.5. The molecule has 2 aliphatic heterocycles. The Morgan fingerprint density at radius 2 is 2.30 bits per heavy atom. The molecule has 0 aromatic carbocycles. The predicted octanol–water partition coefficient (Wildman–Crippen LogP) is -0.400. The zero-order valence-electron chi connectivity index (χ0n) is 12.0. The van der Waals surface area contributed by atoms with Crippen LogP contribution in [0.15, 0.2) is 0 Å². The summed E-state index contributed by atoms with van der Waals surface area (Å²) >= 11 is 0. The molecule has 2 fully saturated rings. The number of nitrogens with one attached hydrogen (secondary N) is 2. The van der Waals surface area contributed by atoms with Crippen LogP contribution < -0.4 is 10.0 Å². The van der Waals surface area contributed by atoms with E-state index in [0.717, 1.165) is 13.0 Å². The molecule has 0 amide bonds. The van der Waals surface area contributed by atoms with Crippen molar-refractivity contribution in [2.75, 3.05) is 26.2 Å². The van der Waals surface area contributed by atoms with Gasteiger partial charge < -0.3 is 10.1 Å². The highest BCUT2D eigenvalue weighted by Gasteiger charge is 2.43. The lowest BCUT2D eigenvalue weighted by Gasteiger charge is -2.29. The first-order chi connectivity index (χ1) is 9.38. The van der Waals surface area contributed by atoms with E-state index in [2.05, 4.69) is 10.0 Å². The minimum atomic E-state index is -3.67. The summed E-state index contributed by atoms with van der Waals surface area (Å²) in [6.07, 6.45) is 1.94. The molecule has 0 aromatic rings. The number of ether oxygens (including phenoxy) is 1. The molecule has 2 N–H and O–H groups in total. The molecule has 2 unspecified atom stereocenters. The van der Waals surface area contributed by atoms with E-state index in [-0.39, 0.29) is 6.61 Å². The van der Waals surface area contributed by atoms with E-state index in [1.165, 1.54) is 4.31 Å². The molecule has 2 aliphatic rings. The monoisotopic (exact) mass is 305 g/mol. The molecule has 2 rings (SSSR count). The second-order valence-corrected chi connectivity index (χ2v) is 7.24. The maximum Gasteiger partial charge on any atom is 0.324 e. The Morgan fingerprint density at radius 3 is 2.90 bits per heavy atom. The molecule has 2 atom stereocenters. The number of hydrogen-bond donors (Lipinski definition) is 2. The Hall–Kier alpha value is -0.700. The number of carbonyl (C=O) groups excluding carboxylic acids is 1. The number of nitrogens with zero attached hydrogens (tertiary/aromatic N) is 1. The van der Waals surface area contributed by atoms with Gasteiger partial charge in [-0.3, -0.25) is 4.79 Å². The number of carbonyl (C=O) groups is 1. The molecule has 2 heterocycles. The van der Waals surface area contributed by atoms with Crippen molar-refractivity contribution in [2.45, 2.75) is 44.7 Å². The third-order valence-corrected chi connectivity index (χ3v) is 5.62. The van der Waals surface area contributed by atoms with Gasteiger partial charge in [-0.15, -0.1) is 0 Å². The molecular formula is C12H23N3O4S. The highest BCUT2D eigenvalue weighted by Crippen LogP contribution is 2.24. The van der Waals surface area contributed by atoms with E-state index < -0.39 is 27.8 Å². The van der Waals surface area contributed by atoms with Crippen molar-refractivity contribution in [2.24, 2.45) is 0 Å². The van der Waals surface area contributed by atoms with Crippen molar-refractivity contribution in [3.63, 3.8) is 0 Å². The highest BCUT2D eigenvalue weighted by atomic mass is 32.2. The van der Waals surface area contributed by atoms with E-state index >= 15 is 0 Å². The summed E-state index contributed by atoms with van der Waals surface area (Å²) in [6, 6.07) is -0.689. The Labute approximate surface area is 120 Å². The van der Waals surface area contributed by atoms with E-state index in [9.17, 15) is 13.2 Å². The van der Waals surface area contributed by atoms with Gasteiger partial charge in [-0.2, -0.15) is 17.4 Å². The second-order valence-electron chi connectivity index (χ2n) is 5.62. The average Bonchev–Trinajstić information content (AvgIpc) is 2.97. The van der Waals surface area contributed by atoms with Crippen molar-refractivity contribution in [1.82, 2.24) is 14.3 Å². The fraction of sp³-hybridized carbons (Fsp3) is 0.917. The molecule has 7 nitrogen and oxygen atoms in total. The normalized spacial score (nSPS) is 31.6. The summed E-state index contributed by atoms with van der Waals surface area (Å²) in [5.41, 5.74) is -0.485. The molecule has 0 aromatic heterocycles. The second kappa shape index (κ2) is 5.97. The quantitative estimate of drug-likeness (QED) is 0.675. The van der Waals surface area contributed by atoms with Crippen LogP contribution in [-0.2, 0) is 19.7 Å². The van der Waals surface area contributed by atoms with E-state index in [0.29, 0.717) is 25.9 Å². The van der Waals surface area contributed by atoms with Gasteiger partial charge in [0.25, 0.3) is 10.2 Å². The van der Waals surface area contributed by atoms with Gasteiger partial charge in [0, 0.05) is 18.6 Å². The van der Waals surface area contributed by atoms with Crippen LogP contribution in [0.25, 0.3) is 0 Å². The van der Waals surface area contributed by atoms with E-state index in [1.54, 1.807) is 6.92 Å². The number of esters is 1. The maximum atomic E-state index is 12.5. The largest absolute Gasteiger partial charge is 0.465 e.